The standard InChI is InChI=1S/C3H3ClO2/c4-1-2-6-3-5/h1-3H. The molecule has 0 unspecified atom stereocenters. The van der Waals surface area contributed by atoms with E-state index in [-0.39, 0.29) is 0 Å². The summed E-state index contributed by atoms with van der Waals surface area (Å²) in [6.45, 7) is 0.291. The molecule has 0 aliphatic rings. The molecule has 0 spiro atoms. The first-order chi connectivity index (χ1) is 2.91. The first kappa shape index (κ1) is 5.50. The lowest BCUT2D eigenvalue weighted by Crippen LogP contribution is -1.68. The van der Waals surface area contributed by atoms with E-state index in [1.54, 1.807) is 0 Å². The molecule has 34 valence electrons. The van der Waals surface area contributed by atoms with Crippen molar-refractivity contribution in [3.8, 4) is 0 Å². The molecular weight excluding hydrogens is 103 g/mol. The Labute approximate surface area is 40.4 Å². The monoisotopic (exact) mass is 106 g/mol. The molecule has 0 aliphatic heterocycles. The predicted molar refractivity (Wildman–Crippen MR) is 22.1 cm³/mol. The van der Waals surface area contributed by atoms with Crippen molar-refractivity contribution in [1.29, 1.82) is 0 Å². The Kier molecular flexibility index (Phi) is 4.12. The van der Waals surface area contributed by atoms with E-state index in [0.717, 1.165) is 11.8 Å². The lowest BCUT2D eigenvalue weighted by Gasteiger charge is -1.73. The number of halogens is 1. The zero-order valence-corrected chi connectivity index (χ0v) is 3.68. The Morgan fingerprint density at radius 2 is 2.33 bits per heavy atom. The summed E-state index contributed by atoms with van der Waals surface area (Å²) in [5, 5.41) is 0. The van der Waals surface area contributed by atoms with E-state index in [1.165, 1.54) is 0 Å². The smallest absolute Gasteiger partial charge is 0.297 e. The van der Waals surface area contributed by atoms with Crippen molar-refractivity contribution < 1.29 is 9.53 Å². The maximum Gasteiger partial charge on any atom is 0.297 e. The lowest BCUT2D eigenvalue weighted by atomic mass is 11.1. The van der Waals surface area contributed by atoms with Crippen LogP contribution >= 0.6 is 11.6 Å². The van der Waals surface area contributed by atoms with Crippen LogP contribution in [0.4, 0.5) is 0 Å². The van der Waals surface area contributed by atoms with Crippen molar-refractivity contribution in [3.05, 3.63) is 11.8 Å². The van der Waals surface area contributed by atoms with Crippen LogP contribution in [-0.4, -0.2) is 6.47 Å². The van der Waals surface area contributed by atoms with Crippen LogP contribution in [0.25, 0.3) is 0 Å². The van der Waals surface area contributed by atoms with Crippen LogP contribution in [0.2, 0.25) is 0 Å². The fraction of sp³-hybridized carbons (Fsp3) is 0. The molecule has 0 aromatic rings. The molecule has 0 heterocycles. The highest BCUT2D eigenvalue weighted by Crippen LogP contribution is 1.75. The van der Waals surface area contributed by atoms with Crippen LogP contribution in [0.5, 0.6) is 0 Å². The predicted octanol–water partition coefficient (Wildman–Crippen LogP) is 0.869. The van der Waals surface area contributed by atoms with Gasteiger partial charge in [-0.15, -0.1) is 0 Å². The minimum atomic E-state index is 0.291. The molecule has 0 aliphatic carbocycles. The molecule has 0 fully saturated rings. The largest absolute Gasteiger partial charge is 0.436 e. The maximum absolute atomic E-state index is 9.23. The molecule has 0 N–H and O–H groups in total. The second-order valence-corrected chi connectivity index (χ2v) is 0.746. The SMILES string of the molecule is O=COC=CCl. The second-order valence-electron chi connectivity index (χ2n) is 0.494. The Balaban J connectivity index is 2.85. The molecule has 0 bridgehead atoms. The van der Waals surface area contributed by atoms with Crippen LogP contribution in [-0.2, 0) is 9.53 Å². The molecule has 0 rings (SSSR count). The highest BCUT2D eigenvalue weighted by molar-refractivity contribution is 6.25. The van der Waals surface area contributed by atoms with Gasteiger partial charge in [-0.25, -0.2) is 0 Å². The van der Waals surface area contributed by atoms with Gasteiger partial charge in [-0.3, -0.25) is 4.79 Å². The molecule has 0 aromatic carbocycles. The van der Waals surface area contributed by atoms with E-state index in [0.29, 0.717) is 6.47 Å². The first-order valence-electron chi connectivity index (χ1n) is 1.26. The van der Waals surface area contributed by atoms with E-state index in [4.69, 9.17) is 11.6 Å². The zero-order valence-electron chi connectivity index (χ0n) is 2.93. The molecular formula is C3H3ClO2. The maximum atomic E-state index is 9.23. The third kappa shape index (κ3) is 3.50. The van der Waals surface area contributed by atoms with Gasteiger partial charge in [0, 0.05) is 5.54 Å². The summed E-state index contributed by atoms with van der Waals surface area (Å²) in [4.78, 5) is 9.23. The molecule has 2 nitrogen and oxygen atoms in total. The van der Waals surface area contributed by atoms with E-state index in [9.17, 15) is 4.79 Å². The van der Waals surface area contributed by atoms with Crippen molar-refractivity contribution >= 4 is 18.1 Å². The summed E-state index contributed by atoms with van der Waals surface area (Å²) >= 11 is 4.92. The van der Waals surface area contributed by atoms with Crippen molar-refractivity contribution in [2.24, 2.45) is 0 Å². The number of rotatable bonds is 2. The van der Waals surface area contributed by atoms with Gasteiger partial charge in [0.1, 0.15) is 6.26 Å². The van der Waals surface area contributed by atoms with E-state index >= 15 is 0 Å². The molecule has 0 aromatic heterocycles. The van der Waals surface area contributed by atoms with E-state index < -0.39 is 0 Å². The van der Waals surface area contributed by atoms with Crippen molar-refractivity contribution in [1.82, 2.24) is 0 Å². The van der Waals surface area contributed by atoms with Crippen molar-refractivity contribution in [2.45, 2.75) is 0 Å². The third-order valence-corrected chi connectivity index (χ3v) is 0.288. The Morgan fingerprint density at radius 3 is 2.50 bits per heavy atom. The topological polar surface area (TPSA) is 26.3 Å². The number of hydrogen-bond donors (Lipinski definition) is 0. The van der Waals surface area contributed by atoms with Gasteiger partial charge >= 0.3 is 0 Å². The van der Waals surface area contributed by atoms with E-state index in [1.807, 2.05) is 0 Å². The number of ether oxygens (including phenoxy) is 1. The van der Waals surface area contributed by atoms with Crippen molar-refractivity contribution in [2.75, 3.05) is 0 Å². The van der Waals surface area contributed by atoms with Gasteiger partial charge in [0.25, 0.3) is 6.47 Å². The molecule has 0 saturated heterocycles. The summed E-state index contributed by atoms with van der Waals surface area (Å²) in [5.41, 5.74) is 1.11. The molecule has 0 amide bonds. The van der Waals surface area contributed by atoms with Crippen LogP contribution in [0.15, 0.2) is 11.8 Å². The lowest BCUT2D eigenvalue weighted by molar-refractivity contribution is -0.123. The summed E-state index contributed by atoms with van der Waals surface area (Å²) < 4.78 is 3.99. The average Bonchev–Trinajstić information content (AvgIpc) is 1.61. The molecule has 3 heteroatoms. The first-order valence-corrected chi connectivity index (χ1v) is 1.70. The summed E-state index contributed by atoms with van der Waals surface area (Å²) in [7, 11) is 0. The van der Waals surface area contributed by atoms with Gasteiger partial charge in [0.2, 0.25) is 0 Å². The fourth-order valence-electron chi connectivity index (χ4n) is 0.0618. The second kappa shape index (κ2) is 4.50. The zero-order chi connectivity index (χ0) is 4.83. The quantitative estimate of drug-likeness (QED) is 0.386. The van der Waals surface area contributed by atoms with Crippen LogP contribution < -0.4 is 0 Å². The molecule has 0 radical (unpaired) electrons. The Morgan fingerprint density at radius 1 is 1.67 bits per heavy atom. The molecule has 6 heavy (non-hydrogen) atoms. The van der Waals surface area contributed by atoms with Gasteiger partial charge in [-0.1, -0.05) is 11.6 Å². The highest BCUT2D eigenvalue weighted by Gasteiger charge is 1.59. The van der Waals surface area contributed by atoms with Crippen molar-refractivity contribution in [3.63, 3.8) is 0 Å². The number of carbonyl (C=O) groups is 1. The summed E-state index contributed by atoms with van der Waals surface area (Å²) in [5.74, 6) is 0. The number of carbonyl (C=O) groups excluding carboxylic acids is 1. The van der Waals surface area contributed by atoms with Crippen LogP contribution in [0.1, 0.15) is 0 Å². The van der Waals surface area contributed by atoms with Gasteiger partial charge in [0.05, 0.1) is 0 Å². The fourth-order valence-corrected chi connectivity index (χ4v) is 0.121. The number of hydrogen-bond acceptors (Lipinski definition) is 2. The van der Waals surface area contributed by atoms with E-state index in [2.05, 4.69) is 4.74 Å². The van der Waals surface area contributed by atoms with Gasteiger partial charge in [0.15, 0.2) is 0 Å². The van der Waals surface area contributed by atoms with Gasteiger partial charge in [-0.2, -0.15) is 0 Å². The minimum Gasteiger partial charge on any atom is -0.436 e. The minimum absolute atomic E-state index is 0.291. The Bertz CT molecular complexity index is 59.8. The normalized spacial score (nSPS) is 8.83. The van der Waals surface area contributed by atoms with Gasteiger partial charge < -0.3 is 4.74 Å². The summed E-state index contributed by atoms with van der Waals surface area (Å²) in [6.07, 6.45) is 1.08. The Hall–Kier alpha value is -0.500. The highest BCUT2D eigenvalue weighted by atomic mass is 35.5. The third-order valence-electron chi connectivity index (χ3n) is 0.186. The van der Waals surface area contributed by atoms with Crippen LogP contribution in [0.3, 0.4) is 0 Å². The summed E-state index contributed by atoms with van der Waals surface area (Å²) in [6, 6.07) is 0. The average molecular weight is 107 g/mol. The molecule has 0 saturated carbocycles. The van der Waals surface area contributed by atoms with Gasteiger partial charge in [-0.05, 0) is 0 Å². The van der Waals surface area contributed by atoms with Crippen LogP contribution in [0, 0.1) is 0 Å². The molecule has 0 atom stereocenters.